The second kappa shape index (κ2) is 8.75. The minimum atomic E-state index is -4.77. The lowest BCUT2D eigenvalue weighted by Crippen LogP contribution is -2.19. The van der Waals surface area contributed by atoms with E-state index in [0.717, 1.165) is 39.0 Å². The van der Waals surface area contributed by atoms with Gasteiger partial charge in [0.2, 0.25) is 0 Å². The summed E-state index contributed by atoms with van der Waals surface area (Å²) < 4.78 is 42.9. The first-order valence-electron chi connectivity index (χ1n) is 10.7. The second-order valence-electron chi connectivity index (χ2n) is 8.10. The zero-order valence-electron chi connectivity index (χ0n) is 18.5. The molecule has 2 aromatic carbocycles. The van der Waals surface area contributed by atoms with Crippen molar-refractivity contribution in [2.24, 2.45) is 0 Å². The number of hydrogen-bond donors (Lipinski definition) is 1. The number of alkyl halides is 3. The zero-order chi connectivity index (χ0) is 24.6. The Morgan fingerprint density at radius 3 is 2.57 bits per heavy atom. The van der Waals surface area contributed by atoms with Gasteiger partial charge in [0.05, 0.1) is 12.1 Å². The quantitative estimate of drug-likeness (QED) is 0.353. The lowest BCUT2D eigenvalue weighted by Gasteiger charge is -2.11. The minimum Gasteiger partial charge on any atom is -0.406 e. The molecule has 35 heavy (non-hydrogen) atoms. The maximum absolute atomic E-state index is 12.8. The van der Waals surface area contributed by atoms with Gasteiger partial charge in [-0.3, -0.25) is 14.9 Å². The lowest BCUT2D eigenvalue weighted by atomic mass is 10.0. The molecule has 0 radical (unpaired) electrons. The third-order valence-electron chi connectivity index (χ3n) is 5.55. The average molecular weight is 476 g/mol. The Balaban J connectivity index is 1.44. The van der Waals surface area contributed by atoms with E-state index in [1.807, 2.05) is 37.3 Å². The van der Waals surface area contributed by atoms with Gasteiger partial charge in [-0.1, -0.05) is 18.2 Å². The van der Waals surface area contributed by atoms with E-state index < -0.39 is 6.36 Å². The van der Waals surface area contributed by atoms with Crippen molar-refractivity contribution in [2.45, 2.75) is 19.8 Å². The molecule has 0 bridgehead atoms. The first kappa shape index (κ1) is 22.4. The van der Waals surface area contributed by atoms with Gasteiger partial charge in [-0.25, -0.2) is 0 Å². The lowest BCUT2D eigenvalue weighted by molar-refractivity contribution is -0.274. The number of aryl methyl sites for hydroxylation is 1. The molecule has 0 amide bonds. The van der Waals surface area contributed by atoms with Crippen LogP contribution in [0.1, 0.15) is 11.3 Å². The van der Waals surface area contributed by atoms with Crippen LogP contribution in [0.5, 0.6) is 5.75 Å². The van der Waals surface area contributed by atoms with Crippen LogP contribution in [-0.4, -0.2) is 26.1 Å². The van der Waals surface area contributed by atoms with E-state index in [4.69, 9.17) is 0 Å². The van der Waals surface area contributed by atoms with Gasteiger partial charge in [-0.05, 0) is 66.1 Å². The number of pyridine rings is 2. The van der Waals surface area contributed by atoms with Gasteiger partial charge in [0.25, 0.3) is 5.56 Å². The summed E-state index contributed by atoms with van der Waals surface area (Å²) in [5.74, 6) is -0.326. The van der Waals surface area contributed by atoms with Crippen LogP contribution in [0.4, 0.5) is 13.2 Å². The van der Waals surface area contributed by atoms with Crippen LogP contribution in [0, 0.1) is 6.92 Å². The highest BCUT2D eigenvalue weighted by Crippen LogP contribution is 2.30. The van der Waals surface area contributed by atoms with Gasteiger partial charge >= 0.3 is 6.36 Å². The largest absolute Gasteiger partial charge is 0.573 e. The Morgan fingerprint density at radius 1 is 0.971 bits per heavy atom. The van der Waals surface area contributed by atoms with E-state index >= 15 is 0 Å². The molecule has 0 spiro atoms. The topological polar surface area (TPSA) is 72.8 Å². The van der Waals surface area contributed by atoms with Crippen molar-refractivity contribution in [3.63, 3.8) is 0 Å². The molecule has 176 valence electrons. The Bertz CT molecular complexity index is 1590. The molecular formula is C26H19F3N4O2. The van der Waals surface area contributed by atoms with E-state index in [-0.39, 0.29) is 17.9 Å². The van der Waals surface area contributed by atoms with Crippen LogP contribution in [0.25, 0.3) is 33.3 Å². The van der Waals surface area contributed by atoms with Crippen molar-refractivity contribution in [1.82, 2.24) is 19.7 Å². The van der Waals surface area contributed by atoms with Gasteiger partial charge in [-0.2, -0.15) is 5.10 Å². The van der Waals surface area contributed by atoms with Gasteiger partial charge in [0, 0.05) is 35.1 Å². The van der Waals surface area contributed by atoms with Crippen molar-refractivity contribution in [1.29, 1.82) is 0 Å². The molecular weight excluding hydrogens is 457 g/mol. The molecule has 3 heterocycles. The van der Waals surface area contributed by atoms with Gasteiger partial charge in [-0.15, -0.1) is 13.2 Å². The minimum absolute atomic E-state index is 0.112. The fourth-order valence-corrected chi connectivity index (χ4v) is 3.96. The maximum atomic E-state index is 12.8. The maximum Gasteiger partial charge on any atom is 0.573 e. The number of rotatable bonds is 5. The summed E-state index contributed by atoms with van der Waals surface area (Å²) in [7, 11) is 0. The average Bonchev–Trinajstić information content (AvgIpc) is 3.23. The molecule has 5 rings (SSSR count). The molecule has 0 atom stereocenters. The number of halogens is 3. The van der Waals surface area contributed by atoms with Gasteiger partial charge < -0.3 is 9.30 Å². The van der Waals surface area contributed by atoms with Crippen LogP contribution >= 0.6 is 0 Å². The van der Waals surface area contributed by atoms with Crippen LogP contribution < -0.4 is 10.3 Å². The summed E-state index contributed by atoms with van der Waals surface area (Å²) in [5, 5.41) is 8.40. The summed E-state index contributed by atoms with van der Waals surface area (Å²) in [4.78, 5) is 17.0. The highest BCUT2D eigenvalue weighted by Gasteiger charge is 2.31. The van der Waals surface area contributed by atoms with Crippen molar-refractivity contribution < 1.29 is 17.9 Å². The summed E-state index contributed by atoms with van der Waals surface area (Å²) in [6.45, 7) is 2.03. The number of benzene rings is 2. The predicted octanol–water partition coefficient (Wildman–Crippen LogP) is 5.71. The molecule has 0 saturated heterocycles. The number of aromatic amines is 1. The smallest absolute Gasteiger partial charge is 0.406 e. The molecule has 0 fully saturated rings. The molecule has 1 N–H and O–H groups in total. The van der Waals surface area contributed by atoms with E-state index in [1.165, 1.54) is 28.8 Å². The number of nitrogens with one attached hydrogen (secondary N) is 1. The second-order valence-corrected chi connectivity index (χ2v) is 8.10. The third-order valence-corrected chi connectivity index (χ3v) is 5.55. The molecule has 0 unspecified atom stereocenters. The van der Waals surface area contributed by atoms with Crippen molar-refractivity contribution in [3.05, 3.63) is 101 Å². The standard InChI is InChI=1S/C26H19F3N4O2/c1-16-11-20(7-9-30-16)25-22-13-18(5-6-23(22)31-32-25)19-8-10-33(24(34)14-19)15-17-3-2-4-21(12-17)35-26(27,28)29/h2-14H,15H2,1H3,(H,31,32). The zero-order valence-corrected chi connectivity index (χ0v) is 18.5. The molecule has 5 aromatic rings. The summed E-state index contributed by atoms with van der Waals surface area (Å²) in [5.41, 5.74) is 5.29. The monoisotopic (exact) mass is 476 g/mol. The fraction of sp³-hybridized carbons (Fsp3) is 0.115. The molecule has 0 saturated carbocycles. The summed E-state index contributed by atoms with van der Waals surface area (Å²) in [6.07, 6.45) is -1.41. The van der Waals surface area contributed by atoms with E-state index in [9.17, 15) is 18.0 Å². The normalized spacial score (nSPS) is 11.7. The molecule has 3 aromatic heterocycles. The molecule has 9 heteroatoms. The van der Waals surface area contributed by atoms with Crippen LogP contribution in [0.2, 0.25) is 0 Å². The number of aromatic nitrogens is 4. The Morgan fingerprint density at radius 2 is 1.80 bits per heavy atom. The summed E-state index contributed by atoms with van der Waals surface area (Å²) >= 11 is 0. The number of hydrogen-bond acceptors (Lipinski definition) is 4. The Hall–Kier alpha value is -4.40. The van der Waals surface area contributed by atoms with Crippen molar-refractivity contribution >= 4 is 10.9 Å². The van der Waals surface area contributed by atoms with Crippen LogP contribution in [-0.2, 0) is 6.54 Å². The molecule has 0 aliphatic heterocycles. The van der Waals surface area contributed by atoms with E-state index in [0.29, 0.717) is 5.56 Å². The van der Waals surface area contributed by atoms with Gasteiger partial charge in [0.1, 0.15) is 11.4 Å². The fourth-order valence-electron chi connectivity index (χ4n) is 3.96. The molecule has 0 aliphatic carbocycles. The summed E-state index contributed by atoms with van der Waals surface area (Å²) in [6, 6.07) is 18.5. The van der Waals surface area contributed by atoms with Gasteiger partial charge in [0.15, 0.2) is 0 Å². The SMILES string of the molecule is Cc1cc(-c2n[nH]c3ccc(-c4ccn(Cc5cccc(OC(F)(F)F)c5)c(=O)c4)cc23)ccn1. The molecule has 0 aliphatic rings. The first-order chi connectivity index (χ1) is 16.7. The number of ether oxygens (including phenoxy) is 1. The Kier molecular flexibility index (Phi) is 5.60. The van der Waals surface area contributed by atoms with E-state index in [1.54, 1.807) is 24.5 Å². The van der Waals surface area contributed by atoms with E-state index in [2.05, 4.69) is 19.9 Å². The Labute approximate surface area is 197 Å². The highest BCUT2D eigenvalue weighted by molar-refractivity contribution is 5.95. The molecule has 6 nitrogen and oxygen atoms in total. The third kappa shape index (κ3) is 4.93. The van der Waals surface area contributed by atoms with Crippen LogP contribution in [0.3, 0.4) is 0 Å². The van der Waals surface area contributed by atoms with Crippen molar-refractivity contribution in [2.75, 3.05) is 0 Å². The highest BCUT2D eigenvalue weighted by atomic mass is 19.4. The first-order valence-corrected chi connectivity index (χ1v) is 10.7. The number of fused-ring (bicyclic) bond motifs is 1. The number of H-pyrrole nitrogens is 1. The van der Waals surface area contributed by atoms with Crippen LogP contribution in [0.15, 0.2) is 83.9 Å². The predicted molar refractivity (Wildman–Crippen MR) is 126 cm³/mol. The van der Waals surface area contributed by atoms with Crippen molar-refractivity contribution in [3.8, 4) is 28.1 Å². The number of nitrogens with zero attached hydrogens (tertiary/aromatic N) is 3.